The van der Waals surface area contributed by atoms with Gasteiger partial charge in [0.05, 0.1) is 31.3 Å². The third kappa shape index (κ3) is 6.36. The first-order chi connectivity index (χ1) is 18.5. The first kappa shape index (κ1) is 29.2. The minimum atomic E-state index is -3.71. The van der Waals surface area contributed by atoms with E-state index in [1.165, 1.54) is 27.8 Å². The van der Waals surface area contributed by atoms with E-state index in [1.54, 1.807) is 37.3 Å². The Kier molecular flexibility index (Phi) is 9.12. The molecule has 3 aromatic rings. The van der Waals surface area contributed by atoms with Crippen molar-refractivity contribution in [1.29, 1.82) is 0 Å². The summed E-state index contributed by atoms with van der Waals surface area (Å²) in [5.74, 6) is 0.982. The van der Waals surface area contributed by atoms with Gasteiger partial charge in [0.25, 0.3) is 5.91 Å². The predicted molar refractivity (Wildman–Crippen MR) is 153 cm³/mol. The first-order valence-corrected chi connectivity index (χ1v) is 15.0. The van der Waals surface area contributed by atoms with Crippen LogP contribution in [0.1, 0.15) is 30.6 Å². The molecule has 2 heterocycles. The Bertz CT molecular complexity index is 1360. The van der Waals surface area contributed by atoms with Crippen LogP contribution in [0.15, 0.2) is 41.3 Å². The molecule has 2 atom stereocenters. The van der Waals surface area contributed by atoms with E-state index < -0.39 is 10.0 Å². The molecule has 212 valence electrons. The predicted octanol–water partition coefficient (Wildman–Crippen LogP) is 3.71. The Morgan fingerprint density at radius 1 is 1.03 bits per heavy atom. The molecule has 0 radical (unpaired) electrons. The number of rotatable bonds is 10. The fourth-order valence-electron chi connectivity index (χ4n) is 4.62. The summed E-state index contributed by atoms with van der Waals surface area (Å²) >= 11 is 1.36. The standard InChI is InChI=1S/C27H36N4O6S2/c1-18-16-30(17-19(2)37-18)39(33,34)21-10-8-20(9-11-21)26(32)31(15-7-14-29(3)4)27-28-24-22(35-5)12-13-23(36-6)25(24)38-27/h8-13,18-19H,7,14-17H2,1-6H3. The lowest BCUT2D eigenvalue weighted by Gasteiger charge is -2.34. The Morgan fingerprint density at radius 3 is 2.23 bits per heavy atom. The van der Waals surface area contributed by atoms with E-state index in [0.717, 1.165) is 17.7 Å². The van der Waals surface area contributed by atoms with Crippen LogP contribution in [0.5, 0.6) is 11.5 Å². The molecule has 1 aliphatic rings. The maximum Gasteiger partial charge on any atom is 0.260 e. The lowest BCUT2D eigenvalue weighted by Crippen LogP contribution is -2.48. The third-order valence-corrected chi connectivity index (χ3v) is 9.43. The van der Waals surface area contributed by atoms with E-state index in [4.69, 9.17) is 19.2 Å². The number of anilines is 1. The number of aromatic nitrogens is 1. The van der Waals surface area contributed by atoms with Crippen molar-refractivity contribution in [3.05, 3.63) is 42.0 Å². The molecule has 10 nitrogen and oxygen atoms in total. The fourth-order valence-corrected chi connectivity index (χ4v) is 7.31. The zero-order chi connectivity index (χ0) is 28.3. The number of carbonyl (C=O) groups is 1. The SMILES string of the molecule is COc1ccc(OC)c2sc(N(CCCN(C)C)C(=O)c3ccc(S(=O)(=O)N4CC(C)OC(C)C4)cc3)nc12. The van der Waals surface area contributed by atoms with Crippen molar-refractivity contribution < 1.29 is 27.4 Å². The van der Waals surface area contributed by atoms with Crippen LogP contribution in [-0.4, -0.2) is 95.2 Å². The molecule has 0 N–H and O–H groups in total. The van der Waals surface area contributed by atoms with Crippen molar-refractivity contribution in [1.82, 2.24) is 14.2 Å². The Hall–Kier alpha value is -2.77. The van der Waals surface area contributed by atoms with Gasteiger partial charge in [0.15, 0.2) is 5.13 Å². The molecule has 12 heteroatoms. The van der Waals surface area contributed by atoms with E-state index in [9.17, 15) is 13.2 Å². The molecular weight excluding hydrogens is 540 g/mol. The van der Waals surface area contributed by atoms with Crippen molar-refractivity contribution in [2.24, 2.45) is 0 Å². The second kappa shape index (κ2) is 12.2. The lowest BCUT2D eigenvalue weighted by atomic mass is 10.2. The van der Waals surface area contributed by atoms with Gasteiger partial charge in [-0.1, -0.05) is 11.3 Å². The quantitative estimate of drug-likeness (QED) is 0.360. The molecule has 1 fully saturated rings. The fraction of sp³-hybridized carbons (Fsp3) is 0.481. The summed E-state index contributed by atoms with van der Waals surface area (Å²) < 4.78 is 45.5. The van der Waals surface area contributed by atoms with E-state index in [-0.39, 0.29) is 36.1 Å². The number of ether oxygens (including phenoxy) is 3. The minimum Gasteiger partial charge on any atom is -0.495 e. The minimum absolute atomic E-state index is 0.147. The first-order valence-electron chi connectivity index (χ1n) is 12.8. The van der Waals surface area contributed by atoms with Crippen molar-refractivity contribution in [2.45, 2.75) is 37.4 Å². The number of carbonyl (C=O) groups excluding carboxylic acids is 1. The Morgan fingerprint density at radius 2 is 1.64 bits per heavy atom. The highest BCUT2D eigenvalue weighted by molar-refractivity contribution is 7.89. The molecule has 1 aromatic heterocycles. The molecule has 4 rings (SSSR count). The van der Waals surface area contributed by atoms with Gasteiger partial charge in [-0.25, -0.2) is 13.4 Å². The highest BCUT2D eigenvalue weighted by atomic mass is 32.2. The molecule has 39 heavy (non-hydrogen) atoms. The van der Waals surface area contributed by atoms with E-state index in [2.05, 4.69) is 4.90 Å². The maximum absolute atomic E-state index is 13.8. The number of thiazole rings is 1. The van der Waals surface area contributed by atoms with Gasteiger partial charge in [-0.2, -0.15) is 4.31 Å². The number of methoxy groups -OCH3 is 2. The van der Waals surface area contributed by atoms with Crippen LogP contribution >= 0.6 is 11.3 Å². The molecule has 0 aliphatic carbocycles. The largest absolute Gasteiger partial charge is 0.495 e. The van der Waals surface area contributed by atoms with Gasteiger partial charge < -0.3 is 19.1 Å². The van der Waals surface area contributed by atoms with Gasteiger partial charge in [0, 0.05) is 25.2 Å². The average Bonchev–Trinajstić information content (AvgIpc) is 3.35. The van der Waals surface area contributed by atoms with Gasteiger partial charge in [-0.15, -0.1) is 0 Å². The van der Waals surface area contributed by atoms with Gasteiger partial charge in [-0.05, 0) is 77.3 Å². The van der Waals surface area contributed by atoms with Crippen LogP contribution in [0.2, 0.25) is 0 Å². The molecular formula is C27H36N4O6S2. The zero-order valence-electron chi connectivity index (χ0n) is 23.2. The number of amides is 1. The second-order valence-corrected chi connectivity index (χ2v) is 12.8. The summed E-state index contributed by atoms with van der Waals surface area (Å²) in [5.41, 5.74) is 0.998. The van der Waals surface area contributed by atoms with Gasteiger partial charge >= 0.3 is 0 Å². The van der Waals surface area contributed by atoms with Gasteiger partial charge in [-0.3, -0.25) is 9.69 Å². The molecule has 2 unspecified atom stereocenters. The number of hydrogen-bond donors (Lipinski definition) is 0. The van der Waals surface area contributed by atoms with E-state index >= 15 is 0 Å². The molecule has 0 saturated carbocycles. The molecule has 1 aliphatic heterocycles. The smallest absolute Gasteiger partial charge is 0.260 e. The van der Waals surface area contributed by atoms with Crippen LogP contribution < -0.4 is 14.4 Å². The normalized spacial score (nSPS) is 18.4. The highest BCUT2D eigenvalue weighted by Crippen LogP contribution is 2.40. The van der Waals surface area contributed by atoms with Gasteiger partial charge in [0.2, 0.25) is 10.0 Å². The second-order valence-electron chi connectivity index (χ2n) is 9.86. The van der Waals surface area contributed by atoms with Crippen molar-refractivity contribution in [2.75, 3.05) is 59.4 Å². The number of morpholine rings is 1. The summed E-state index contributed by atoms with van der Waals surface area (Å²) in [6, 6.07) is 9.73. The summed E-state index contributed by atoms with van der Waals surface area (Å²) in [4.78, 5) is 22.4. The Balaban J connectivity index is 1.65. The van der Waals surface area contributed by atoms with Crippen molar-refractivity contribution in [3.8, 4) is 11.5 Å². The number of sulfonamides is 1. The number of hydrogen-bond acceptors (Lipinski definition) is 9. The maximum atomic E-state index is 13.8. The number of benzene rings is 2. The van der Waals surface area contributed by atoms with Crippen LogP contribution in [0, 0.1) is 0 Å². The van der Waals surface area contributed by atoms with E-state index in [1.807, 2.05) is 34.0 Å². The molecule has 0 bridgehead atoms. The summed E-state index contributed by atoms with van der Waals surface area (Å²) in [6.07, 6.45) is 0.348. The van der Waals surface area contributed by atoms with Crippen LogP contribution in [0.4, 0.5) is 5.13 Å². The van der Waals surface area contributed by atoms with Crippen molar-refractivity contribution >= 4 is 42.6 Å². The van der Waals surface area contributed by atoms with Crippen molar-refractivity contribution in [3.63, 3.8) is 0 Å². The number of nitrogens with zero attached hydrogens (tertiary/aromatic N) is 4. The van der Waals surface area contributed by atoms with Crippen LogP contribution in [0.25, 0.3) is 10.2 Å². The zero-order valence-corrected chi connectivity index (χ0v) is 24.8. The molecule has 1 saturated heterocycles. The summed E-state index contributed by atoms with van der Waals surface area (Å²) in [5, 5.41) is 0.518. The van der Waals surface area contributed by atoms with Gasteiger partial charge in [0.1, 0.15) is 21.7 Å². The third-order valence-electron chi connectivity index (χ3n) is 6.49. The highest BCUT2D eigenvalue weighted by Gasteiger charge is 2.32. The molecule has 1 amide bonds. The molecule has 0 spiro atoms. The summed E-state index contributed by atoms with van der Waals surface area (Å²) in [7, 11) is 3.42. The lowest BCUT2D eigenvalue weighted by molar-refractivity contribution is -0.0440. The number of fused-ring (bicyclic) bond motifs is 1. The van der Waals surface area contributed by atoms with Crippen LogP contribution in [0.3, 0.4) is 0 Å². The van der Waals surface area contributed by atoms with Crippen LogP contribution in [-0.2, 0) is 14.8 Å². The summed E-state index contributed by atoms with van der Waals surface area (Å²) in [6.45, 7) is 5.52. The average molecular weight is 577 g/mol. The Labute approximate surface area is 234 Å². The topological polar surface area (TPSA) is 102 Å². The van der Waals surface area contributed by atoms with E-state index in [0.29, 0.717) is 34.3 Å². The molecule has 2 aromatic carbocycles. The monoisotopic (exact) mass is 576 g/mol.